The zero-order valence-electron chi connectivity index (χ0n) is 14.5. The Kier molecular flexibility index (Phi) is 5.27. The molecule has 0 radical (unpaired) electrons. The molecule has 2 heterocycles. The molecule has 8 nitrogen and oxygen atoms in total. The first-order chi connectivity index (χ1) is 11.0. The van der Waals surface area contributed by atoms with Crippen molar-refractivity contribution in [1.82, 2.24) is 5.32 Å². The average molecular weight is 362 g/mol. The Bertz CT molecular complexity index is 614. The van der Waals surface area contributed by atoms with Crippen LogP contribution in [-0.2, 0) is 24.2 Å². The first kappa shape index (κ1) is 19.1. The molecule has 0 aliphatic carbocycles. The minimum atomic E-state index is -3.68. The number of ether oxygens (including phenoxy) is 1. The molecule has 1 unspecified atom stereocenters. The van der Waals surface area contributed by atoms with E-state index >= 15 is 0 Å². The van der Waals surface area contributed by atoms with E-state index in [2.05, 4.69) is 10.5 Å². The van der Waals surface area contributed by atoms with Gasteiger partial charge in [0.1, 0.15) is 10.3 Å². The van der Waals surface area contributed by atoms with E-state index in [-0.39, 0.29) is 6.42 Å². The number of aliphatic hydroxyl groups is 1. The summed E-state index contributed by atoms with van der Waals surface area (Å²) >= 11 is 0. The monoisotopic (exact) mass is 362 g/mol. The molecule has 2 rings (SSSR count). The lowest BCUT2D eigenvalue weighted by Crippen LogP contribution is -2.54. The summed E-state index contributed by atoms with van der Waals surface area (Å²) < 4.78 is 29.2. The molecule has 2 N–H and O–H groups in total. The van der Waals surface area contributed by atoms with E-state index in [4.69, 9.17) is 9.57 Å². The fourth-order valence-electron chi connectivity index (χ4n) is 2.67. The molecule has 0 aromatic carbocycles. The molecule has 1 atom stereocenters. The number of carbonyl (C=O) groups excluding carboxylic acids is 1. The number of sulfone groups is 1. The molecular formula is C15H26N2O6S. The van der Waals surface area contributed by atoms with Gasteiger partial charge in [0.2, 0.25) is 12.1 Å². The highest BCUT2D eigenvalue weighted by Crippen LogP contribution is 2.28. The Morgan fingerprint density at radius 2 is 1.83 bits per heavy atom. The third kappa shape index (κ3) is 3.73. The van der Waals surface area contributed by atoms with Gasteiger partial charge in [-0.05, 0) is 40.5 Å². The topological polar surface area (TPSA) is 114 Å². The average Bonchev–Trinajstić information content (AvgIpc) is 2.96. The Morgan fingerprint density at radius 1 is 1.25 bits per heavy atom. The molecule has 2 aliphatic heterocycles. The first-order valence-electron chi connectivity index (χ1n) is 8.04. The van der Waals surface area contributed by atoms with Crippen LogP contribution in [0.2, 0.25) is 0 Å². The van der Waals surface area contributed by atoms with Gasteiger partial charge >= 0.3 is 0 Å². The van der Waals surface area contributed by atoms with E-state index in [0.717, 1.165) is 0 Å². The van der Waals surface area contributed by atoms with Gasteiger partial charge in [-0.25, -0.2) is 8.42 Å². The fraction of sp³-hybridized carbons (Fsp3) is 0.867. The number of hydrogen-bond donors (Lipinski definition) is 2. The summed E-state index contributed by atoms with van der Waals surface area (Å²) in [7, 11) is -3.68. The van der Waals surface area contributed by atoms with Crippen molar-refractivity contribution in [2.75, 3.05) is 13.2 Å². The Balaban J connectivity index is 2.03. The SMILES string of the molecule is CC(C)(O)C1=NOC(NC(=O)C(C)(C)S(=O)(=O)C2CCOCC2)C1. The molecule has 1 amide bonds. The van der Waals surface area contributed by atoms with Crippen molar-refractivity contribution in [2.45, 2.75) is 68.8 Å². The predicted molar refractivity (Wildman–Crippen MR) is 88.2 cm³/mol. The van der Waals surface area contributed by atoms with Gasteiger partial charge in [0.25, 0.3) is 0 Å². The summed E-state index contributed by atoms with van der Waals surface area (Å²) in [5.74, 6) is -0.633. The van der Waals surface area contributed by atoms with E-state index in [1.807, 2.05) is 0 Å². The van der Waals surface area contributed by atoms with Crippen molar-refractivity contribution in [3.05, 3.63) is 0 Å². The van der Waals surface area contributed by atoms with Gasteiger partial charge in [0.15, 0.2) is 9.84 Å². The molecule has 1 fully saturated rings. The molecule has 2 aliphatic rings. The number of amides is 1. The Hall–Kier alpha value is -1.19. The molecule has 9 heteroatoms. The van der Waals surface area contributed by atoms with Crippen LogP contribution in [0.15, 0.2) is 5.16 Å². The highest BCUT2D eigenvalue weighted by Gasteiger charge is 2.47. The van der Waals surface area contributed by atoms with Crippen molar-refractivity contribution in [2.24, 2.45) is 5.16 Å². The molecular weight excluding hydrogens is 336 g/mol. The van der Waals surface area contributed by atoms with Gasteiger partial charge in [0.05, 0.1) is 17.4 Å². The largest absolute Gasteiger partial charge is 0.384 e. The smallest absolute Gasteiger partial charge is 0.243 e. The second kappa shape index (κ2) is 6.61. The van der Waals surface area contributed by atoms with Crippen LogP contribution >= 0.6 is 0 Å². The van der Waals surface area contributed by atoms with Gasteiger partial charge in [-0.1, -0.05) is 5.16 Å². The van der Waals surface area contributed by atoms with Crippen molar-refractivity contribution < 1.29 is 27.9 Å². The van der Waals surface area contributed by atoms with Crippen LogP contribution in [0.5, 0.6) is 0 Å². The van der Waals surface area contributed by atoms with Crippen molar-refractivity contribution in [3.63, 3.8) is 0 Å². The van der Waals surface area contributed by atoms with Crippen molar-refractivity contribution in [1.29, 1.82) is 0 Å². The molecule has 0 saturated carbocycles. The molecule has 0 bridgehead atoms. The molecule has 24 heavy (non-hydrogen) atoms. The van der Waals surface area contributed by atoms with Crippen LogP contribution in [0, 0.1) is 0 Å². The summed E-state index contributed by atoms with van der Waals surface area (Å²) in [5, 5.41) is 15.6. The van der Waals surface area contributed by atoms with Crippen LogP contribution in [0.1, 0.15) is 47.0 Å². The lowest BCUT2D eigenvalue weighted by molar-refractivity contribution is -0.126. The van der Waals surface area contributed by atoms with Crippen LogP contribution in [0.3, 0.4) is 0 Å². The van der Waals surface area contributed by atoms with Crippen LogP contribution in [-0.4, -0.2) is 60.2 Å². The van der Waals surface area contributed by atoms with Crippen LogP contribution in [0.4, 0.5) is 0 Å². The molecule has 138 valence electrons. The lowest BCUT2D eigenvalue weighted by atomic mass is 10.00. The number of carbonyl (C=O) groups is 1. The highest BCUT2D eigenvalue weighted by molar-refractivity contribution is 7.94. The Labute approximate surface area is 142 Å². The Morgan fingerprint density at radius 3 is 2.33 bits per heavy atom. The molecule has 0 aromatic rings. The quantitative estimate of drug-likeness (QED) is 0.729. The summed E-state index contributed by atoms with van der Waals surface area (Å²) in [5.41, 5.74) is -0.749. The maximum atomic E-state index is 12.8. The zero-order chi connectivity index (χ0) is 18.2. The number of rotatable bonds is 5. The van der Waals surface area contributed by atoms with E-state index in [1.54, 1.807) is 13.8 Å². The lowest BCUT2D eigenvalue weighted by Gasteiger charge is -2.31. The maximum absolute atomic E-state index is 12.8. The highest BCUT2D eigenvalue weighted by atomic mass is 32.2. The second-order valence-electron chi connectivity index (χ2n) is 7.24. The first-order valence-corrected chi connectivity index (χ1v) is 9.58. The zero-order valence-corrected chi connectivity index (χ0v) is 15.4. The summed E-state index contributed by atoms with van der Waals surface area (Å²) in [6, 6.07) is 0. The summed E-state index contributed by atoms with van der Waals surface area (Å²) in [6.07, 6.45) is 0.224. The minimum Gasteiger partial charge on any atom is -0.384 e. The maximum Gasteiger partial charge on any atom is 0.243 e. The number of nitrogens with zero attached hydrogens (tertiary/aromatic N) is 1. The molecule has 0 aromatic heterocycles. The van der Waals surface area contributed by atoms with Gasteiger partial charge in [-0.3, -0.25) is 4.79 Å². The van der Waals surface area contributed by atoms with E-state index in [0.29, 0.717) is 31.8 Å². The van der Waals surface area contributed by atoms with Gasteiger partial charge in [0, 0.05) is 13.2 Å². The van der Waals surface area contributed by atoms with Gasteiger partial charge in [-0.15, -0.1) is 0 Å². The summed E-state index contributed by atoms with van der Waals surface area (Å²) in [4.78, 5) is 17.6. The molecule has 1 saturated heterocycles. The molecule has 0 spiro atoms. The van der Waals surface area contributed by atoms with E-state index in [9.17, 15) is 18.3 Å². The van der Waals surface area contributed by atoms with Crippen LogP contribution in [0.25, 0.3) is 0 Å². The standard InChI is InChI=1S/C15H26N2O6S/c1-14(2,19)11-9-12(23-17-11)16-13(18)15(3,4)24(20,21)10-5-7-22-8-6-10/h10,12,19H,5-9H2,1-4H3,(H,16,18). The van der Waals surface area contributed by atoms with E-state index < -0.39 is 37.6 Å². The number of hydrogen-bond acceptors (Lipinski definition) is 7. The normalized spacial score (nSPS) is 23.5. The third-order valence-electron chi connectivity index (χ3n) is 4.53. The number of nitrogens with one attached hydrogen (secondary N) is 1. The van der Waals surface area contributed by atoms with Crippen molar-refractivity contribution >= 4 is 21.5 Å². The third-order valence-corrected chi connectivity index (χ3v) is 7.49. The van der Waals surface area contributed by atoms with Gasteiger partial charge < -0.3 is 20.0 Å². The fourth-order valence-corrected chi connectivity index (χ4v) is 4.63. The van der Waals surface area contributed by atoms with E-state index in [1.165, 1.54) is 13.8 Å². The minimum absolute atomic E-state index is 0.211. The number of oxime groups is 1. The van der Waals surface area contributed by atoms with Gasteiger partial charge in [-0.2, -0.15) is 0 Å². The summed E-state index contributed by atoms with van der Waals surface area (Å²) in [6.45, 7) is 6.71. The van der Waals surface area contributed by atoms with Crippen molar-refractivity contribution in [3.8, 4) is 0 Å². The van der Waals surface area contributed by atoms with Crippen LogP contribution < -0.4 is 5.32 Å². The second-order valence-corrected chi connectivity index (χ2v) is 10.0. The predicted octanol–water partition coefficient (Wildman–Crippen LogP) is 0.348.